The normalized spacial score (nSPS) is 10.8. The lowest BCUT2D eigenvalue weighted by atomic mass is 10.1. The molecule has 1 N–H and O–H groups in total. The lowest BCUT2D eigenvalue weighted by Gasteiger charge is -2.01. The predicted molar refractivity (Wildman–Crippen MR) is 31.3 cm³/mol. The third-order valence-electron chi connectivity index (χ3n) is 0.885. The Morgan fingerprint density at radius 2 is 2.00 bits per heavy atom. The molecule has 0 saturated carbocycles. The van der Waals surface area contributed by atoms with Gasteiger partial charge in [-0.3, -0.25) is 0 Å². The van der Waals surface area contributed by atoms with Crippen LogP contribution in [0.15, 0.2) is 0 Å². The van der Waals surface area contributed by atoms with Gasteiger partial charge in [-0.05, 0) is 27.5 Å². The van der Waals surface area contributed by atoms with E-state index in [1.807, 2.05) is 13.8 Å². The number of hydrogen-bond donors (Lipinski definition) is 1. The van der Waals surface area contributed by atoms with E-state index in [1.165, 1.54) is 0 Å². The molecule has 0 fully saturated rings. The molecule has 0 unspecified atom stereocenters. The average molecular weight is 152 g/mol. The molecule has 0 aliphatic carbocycles. The SMILES string of the molecule is CC(C)CCOOOOO. The number of hydrogen-bond acceptors (Lipinski definition) is 5. The molecule has 0 saturated heterocycles. The summed E-state index contributed by atoms with van der Waals surface area (Å²) in [5, 5.41) is 18.1. The first-order valence-electron chi connectivity index (χ1n) is 3.03. The maximum absolute atomic E-state index is 7.55. The van der Waals surface area contributed by atoms with Gasteiger partial charge in [0.25, 0.3) is 0 Å². The molecule has 0 rings (SSSR count). The van der Waals surface area contributed by atoms with Crippen LogP contribution >= 0.6 is 0 Å². The van der Waals surface area contributed by atoms with E-state index < -0.39 is 0 Å². The van der Waals surface area contributed by atoms with Crippen molar-refractivity contribution in [3.8, 4) is 0 Å². The second kappa shape index (κ2) is 6.91. The van der Waals surface area contributed by atoms with Crippen LogP contribution in [-0.4, -0.2) is 11.9 Å². The van der Waals surface area contributed by atoms with Crippen molar-refractivity contribution in [3.63, 3.8) is 0 Å². The Kier molecular flexibility index (Phi) is 6.78. The molecule has 0 aliphatic heterocycles. The maximum Gasteiger partial charge on any atom is 0.0857 e. The van der Waals surface area contributed by atoms with Gasteiger partial charge in [-0.1, -0.05) is 13.8 Å². The zero-order chi connectivity index (χ0) is 7.82. The second-order valence-electron chi connectivity index (χ2n) is 2.22. The van der Waals surface area contributed by atoms with Crippen molar-refractivity contribution in [2.45, 2.75) is 20.3 Å². The molecule has 0 heterocycles. The van der Waals surface area contributed by atoms with Gasteiger partial charge in [0.05, 0.1) is 6.61 Å². The molecule has 0 amide bonds. The summed E-state index contributed by atoms with van der Waals surface area (Å²) < 4.78 is 0. The number of rotatable bonds is 6. The average Bonchev–Trinajstić information content (AvgIpc) is 1.87. The molecule has 5 heteroatoms. The smallest absolute Gasteiger partial charge is 0.0857 e. The van der Waals surface area contributed by atoms with E-state index in [1.54, 1.807) is 0 Å². The Labute approximate surface area is 59.2 Å². The Hall–Kier alpha value is -0.200. The largest absolute Gasteiger partial charge is 0.219 e. The van der Waals surface area contributed by atoms with E-state index in [2.05, 4.69) is 20.0 Å². The minimum absolute atomic E-state index is 0.404. The summed E-state index contributed by atoms with van der Waals surface area (Å²) in [6.07, 6.45) is 0.856. The van der Waals surface area contributed by atoms with E-state index in [0.717, 1.165) is 6.42 Å². The van der Waals surface area contributed by atoms with Crippen LogP contribution < -0.4 is 0 Å². The van der Waals surface area contributed by atoms with Gasteiger partial charge >= 0.3 is 0 Å². The Balaban J connectivity index is 2.77. The van der Waals surface area contributed by atoms with E-state index in [4.69, 9.17) is 5.26 Å². The highest BCUT2D eigenvalue weighted by atomic mass is 17.8. The molecule has 0 spiro atoms. The highest BCUT2D eigenvalue weighted by Crippen LogP contribution is 1.98. The summed E-state index contributed by atoms with van der Waals surface area (Å²) in [5.41, 5.74) is 0. The second-order valence-corrected chi connectivity index (χ2v) is 2.22. The van der Waals surface area contributed by atoms with E-state index in [-0.39, 0.29) is 0 Å². The topological polar surface area (TPSA) is 57.2 Å². The van der Waals surface area contributed by atoms with E-state index in [0.29, 0.717) is 12.5 Å². The molecule has 0 aliphatic rings. The summed E-state index contributed by atoms with van der Waals surface area (Å²) >= 11 is 0. The minimum atomic E-state index is 0.404. The molecule has 10 heavy (non-hydrogen) atoms. The summed E-state index contributed by atoms with van der Waals surface area (Å²) in [4.78, 5) is 4.38. The van der Waals surface area contributed by atoms with Gasteiger partial charge in [0.1, 0.15) is 0 Å². The molecule has 0 aromatic carbocycles. The van der Waals surface area contributed by atoms with Crippen molar-refractivity contribution in [1.29, 1.82) is 0 Å². The van der Waals surface area contributed by atoms with Crippen LogP contribution in [0.1, 0.15) is 20.3 Å². The van der Waals surface area contributed by atoms with Crippen LogP contribution in [0.2, 0.25) is 0 Å². The molecular formula is C5H12O5. The van der Waals surface area contributed by atoms with Gasteiger partial charge in [0.2, 0.25) is 0 Å². The maximum atomic E-state index is 7.55. The Morgan fingerprint density at radius 1 is 1.30 bits per heavy atom. The summed E-state index contributed by atoms with van der Waals surface area (Å²) in [7, 11) is 0. The van der Waals surface area contributed by atoms with Crippen LogP contribution in [0, 0.1) is 5.92 Å². The summed E-state index contributed by atoms with van der Waals surface area (Å²) in [6, 6.07) is 0. The molecule has 0 aromatic rings. The molecule has 0 atom stereocenters. The zero-order valence-corrected chi connectivity index (χ0v) is 6.07. The zero-order valence-electron chi connectivity index (χ0n) is 6.07. The lowest BCUT2D eigenvalue weighted by molar-refractivity contribution is -0.702. The lowest BCUT2D eigenvalue weighted by Crippen LogP contribution is -2.00. The highest BCUT2D eigenvalue weighted by molar-refractivity contribution is 4.39. The van der Waals surface area contributed by atoms with Gasteiger partial charge in [0, 0.05) is 0 Å². The van der Waals surface area contributed by atoms with Crippen LogP contribution in [-0.2, 0) is 20.0 Å². The molecule has 62 valence electrons. The minimum Gasteiger partial charge on any atom is -0.219 e. The van der Waals surface area contributed by atoms with Crippen molar-refractivity contribution in [1.82, 2.24) is 0 Å². The standard InChI is InChI=1S/C5H12O5/c1-5(2)3-4-7-9-10-8-6/h5-6H,3-4H2,1-2H3. The van der Waals surface area contributed by atoms with Gasteiger partial charge < -0.3 is 0 Å². The first-order valence-corrected chi connectivity index (χ1v) is 3.03. The van der Waals surface area contributed by atoms with Crippen LogP contribution in [0.5, 0.6) is 0 Å². The van der Waals surface area contributed by atoms with E-state index >= 15 is 0 Å². The van der Waals surface area contributed by atoms with Crippen molar-refractivity contribution >= 4 is 0 Å². The third kappa shape index (κ3) is 7.80. The van der Waals surface area contributed by atoms with Gasteiger partial charge in [-0.15, -0.1) is 0 Å². The highest BCUT2D eigenvalue weighted by Gasteiger charge is 1.94. The monoisotopic (exact) mass is 152 g/mol. The van der Waals surface area contributed by atoms with Crippen molar-refractivity contribution < 1.29 is 25.3 Å². The van der Waals surface area contributed by atoms with Crippen molar-refractivity contribution in [2.75, 3.05) is 6.61 Å². The first kappa shape index (κ1) is 9.80. The third-order valence-corrected chi connectivity index (χ3v) is 0.885. The van der Waals surface area contributed by atoms with Crippen LogP contribution in [0.4, 0.5) is 0 Å². The van der Waals surface area contributed by atoms with E-state index in [9.17, 15) is 0 Å². The van der Waals surface area contributed by atoms with Gasteiger partial charge in [-0.25, -0.2) is 10.1 Å². The van der Waals surface area contributed by atoms with Crippen molar-refractivity contribution in [3.05, 3.63) is 0 Å². The fourth-order valence-electron chi connectivity index (χ4n) is 0.350. The molecule has 0 aromatic heterocycles. The predicted octanol–water partition coefficient (Wildman–Crippen LogP) is 1.32. The fourth-order valence-corrected chi connectivity index (χ4v) is 0.350. The fraction of sp³-hybridized carbons (Fsp3) is 1.00. The molecular weight excluding hydrogens is 140 g/mol. The van der Waals surface area contributed by atoms with Crippen LogP contribution in [0.3, 0.4) is 0 Å². The summed E-state index contributed by atoms with van der Waals surface area (Å²) in [5.74, 6) is 0.540. The Morgan fingerprint density at radius 3 is 2.50 bits per heavy atom. The molecule has 5 nitrogen and oxygen atoms in total. The van der Waals surface area contributed by atoms with Gasteiger partial charge in [-0.2, -0.15) is 0 Å². The quantitative estimate of drug-likeness (QED) is 0.353. The molecule has 0 radical (unpaired) electrons. The van der Waals surface area contributed by atoms with Crippen LogP contribution in [0.25, 0.3) is 0 Å². The Bertz CT molecular complexity index is 65.1. The first-order chi connectivity index (χ1) is 4.77. The molecule has 0 bridgehead atoms. The van der Waals surface area contributed by atoms with Gasteiger partial charge in [0.15, 0.2) is 0 Å². The summed E-state index contributed by atoms with van der Waals surface area (Å²) in [6.45, 7) is 4.50. The van der Waals surface area contributed by atoms with Crippen molar-refractivity contribution in [2.24, 2.45) is 5.92 Å².